The van der Waals surface area contributed by atoms with E-state index in [1.165, 1.54) is 0 Å². The highest BCUT2D eigenvalue weighted by Gasteiger charge is 2.10. The lowest BCUT2D eigenvalue weighted by Gasteiger charge is -2.09. The second-order valence-electron chi connectivity index (χ2n) is 4.90. The molecule has 2 heterocycles. The number of thioether (sulfide) groups is 1. The van der Waals surface area contributed by atoms with E-state index < -0.39 is 0 Å². The van der Waals surface area contributed by atoms with E-state index in [9.17, 15) is 4.79 Å². The van der Waals surface area contributed by atoms with E-state index >= 15 is 0 Å². The average Bonchev–Trinajstić information content (AvgIpc) is 3.26. The molecule has 0 unspecified atom stereocenters. The van der Waals surface area contributed by atoms with Gasteiger partial charge >= 0.3 is 0 Å². The fraction of sp³-hybridized carbons (Fsp3) is 0.176. The number of carbonyl (C=O) groups excluding carboxylic acids is 1. The first-order valence-electron chi connectivity index (χ1n) is 7.26. The fourth-order valence-electron chi connectivity index (χ4n) is 2.10. The standard InChI is InChI=1S/C17H16N2O3S2/c1-23-15-6-3-2-5-13(15)18-17(20)11-21-10-12-9-14(22-19-12)16-7-4-8-24-16/h2-9H,10-11H2,1H3,(H,18,20). The molecule has 0 spiro atoms. The summed E-state index contributed by atoms with van der Waals surface area (Å²) < 4.78 is 10.7. The number of aromatic nitrogens is 1. The van der Waals surface area contributed by atoms with Crippen LogP contribution in [0.15, 0.2) is 57.3 Å². The van der Waals surface area contributed by atoms with Crippen molar-refractivity contribution in [2.24, 2.45) is 0 Å². The first kappa shape index (κ1) is 16.8. The lowest BCUT2D eigenvalue weighted by molar-refractivity contribution is -0.121. The van der Waals surface area contributed by atoms with Gasteiger partial charge in [0.2, 0.25) is 5.91 Å². The molecular formula is C17H16N2O3S2. The third-order valence-electron chi connectivity index (χ3n) is 3.19. The molecule has 0 bridgehead atoms. The summed E-state index contributed by atoms with van der Waals surface area (Å²) in [7, 11) is 0. The van der Waals surface area contributed by atoms with Crippen LogP contribution in [0.4, 0.5) is 5.69 Å². The quantitative estimate of drug-likeness (QED) is 0.637. The highest BCUT2D eigenvalue weighted by Crippen LogP contribution is 2.26. The Kier molecular flexibility index (Phi) is 5.68. The van der Waals surface area contributed by atoms with Gasteiger partial charge in [0.15, 0.2) is 5.76 Å². The molecule has 7 heteroatoms. The van der Waals surface area contributed by atoms with Gasteiger partial charge in [-0.05, 0) is 29.8 Å². The molecule has 2 aromatic heterocycles. The zero-order valence-electron chi connectivity index (χ0n) is 13.0. The van der Waals surface area contributed by atoms with Crippen LogP contribution >= 0.6 is 23.1 Å². The van der Waals surface area contributed by atoms with Gasteiger partial charge in [0.05, 0.1) is 17.2 Å². The molecule has 0 aliphatic heterocycles. The Morgan fingerprint density at radius 1 is 1.33 bits per heavy atom. The third kappa shape index (κ3) is 4.25. The maximum atomic E-state index is 12.0. The molecule has 1 amide bonds. The number of ether oxygens (including phenoxy) is 1. The Morgan fingerprint density at radius 3 is 3.00 bits per heavy atom. The van der Waals surface area contributed by atoms with E-state index in [0.717, 1.165) is 15.5 Å². The third-order valence-corrected chi connectivity index (χ3v) is 4.87. The molecular weight excluding hydrogens is 344 g/mol. The van der Waals surface area contributed by atoms with Crippen molar-refractivity contribution in [2.45, 2.75) is 11.5 Å². The minimum absolute atomic E-state index is 0.0378. The monoisotopic (exact) mass is 360 g/mol. The number of thiophene rings is 1. The van der Waals surface area contributed by atoms with E-state index in [-0.39, 0.29) is 19.1 Å². The van der Waals surface area contributed by atoms with E-state index in [1.807, 2.05) is 54.1 Å². The SMILES string of the molecule is CSc1ccccc1NC(=O)COCc1cc(-c2cccs2)on1. The Labute approximate surface area is 148 Å². The van der Waals surface area contributed by atoms with E-state index in [4.69, 9.17) is 9.26 Å². The molecule has 24 heavy (non-hydrogen) atoms. The molecule has 1 aromatic carbocycles. The van der Waals surface area contributed by atoms with Crippen LogP contribution in [0, 0.1) is 0 Å². The van der Waals surface area contributed by atoms with E-state index in [2.05, 4.69) is 10.5 Å². The van der Waals surface area contributed by atoms with Crippen LogP contribution in [0.25, 0.3) is 10.6 Å². The molecule has 0 saturated heterocycles. The second kappa shape index (κ2) is 8.14. The second-order valence-corrected chi connectivity index (χ2v) is 6.70. The number of para-hydroxylation sites is 1. The Balaban J connectivity index is 1.49. The van der Waals surface area contributed by atoms with Gasteiger partial charge in [-0.1, -0.05) is 23.4 Å². The minimum Gasteiger partial charge on any atom is -0.365 e. The smallest absolute Gasteiger partial charge is 0.250 e. The van der Waals surface area contributed by atoms with Gasteiger partial charge in [-0.15, -0.1) is 23.1 Å². The van der Waals surface area contributed by atoms with Crippen LogP contribution < -0.4 is 5.32 Å². The topological polar surface area (TPSA) is 64.4 Å². The number of rotatable bonds is 7. The summed E-state index contributed by atoms with van der Waals surface area (Å²) in [5.41, 5.74) is 1.45. The van der Waals surface area contributed by atoms with Crippen molar-refractivity contribution in [3.05, 3.63) is 53.5 Å². The lowest BCUT2D eigenvalue weighted by Crippen LogP contribution is -2.18. The zero-order chi connectivity index (χ0) is 16.8. The summed E-state index contributed by atoms with van der Waals surface area (Å²) in [5, 5.41) is 8.78. The number of anilines is 1. The molecule has 1 N–H and O–H groups in total. The maximum Gasteiger partial charge on any atom is 0.250 e. The summed E-state index contributed by atoms with van der Waals surface area (Å²) in [4.78, 5) is 14.0. The van der Waals surface area contributed by atoms with E-state index in [1.54, 1.807) is 23.1 Å². The van der Waals surface area contributed by atoms with Gasteiger partial charge in [-0.3, -0.25) is 4.79 Å². The number of carbonyl (C=O) groups is 1. The van der Waals surface area contributed by atoms with Crippen LogP contribution in [0.3, 0.4) is 0 Å². The molecule has 0 saturated carbocycles. The van der Waals surface area contributed by atoms with Crippen molar-refractivity contribution in [1.29, 1.82) is 0 Å². The summed E-state index contributed by atoms with van der Waals surface area (Å²) in [6, 6.07) is 13.4. The summed E-state index contributed by atoms with van der Waals surface area (Å²) in [6.07, 6.45) is 1.97. The van der Waals surface area contributed by atoms with Gasteiger partial charge in [-0.2, -0.15) is 0 Å². The van der Waals surface area contributed by atoms with Crippen LogP contribution in [-0.2, 0) is 16.1 Å². The van der Waals surface area contributed by atoms with Crippen LogP contribution in [0.1, 0.15) is 5.69 Å². The fourth-order valence-corrected chi connectivity index (χ4v) is 3.32. The number of hydrogen-bond donors (Lipinski definition) is 1. The molecule has 3 aromatic rings. The van der Waals surface area contributed by atoms with Gasteiger partial charge in [0, 0.05) is 11.0 Å². The van der Waals surface area contributed by atoms with Crippen LogP contribution in [0.2, 0.25) is 0 Å². The van der Waals surface area contributed by atoms with Gasteiger partial charge in [-0.25, -0.2) is 0 Å². The van der Waals surface area contributed by atoms with Crippen LogP contribution in [0.5, 0.6) is 0 Å². The largest absolute Gasteiger partial charge is 0.365 e. The summed E-state index contributed by atoms with van der Waals surface area (Å²) in [5.74, 6) is 0.514. The molecule has 0 atom stereocenters. The van der Waals surface area contributed by atoms with Crippen molar-refractivity contribution < 1.29 is 14.1 Å². The Bertz CT molecular complexity index is 800. The number of hydrogen-bond acceptors (Lipinski definition) is 6. The van der Waals surface area contributed by atoms with Crippen molar-refractivity contribution in [3.63, 3.8) is 0 Å². The van der Waals surface area contributed by atoms with Crippen molar-refractivity contribution in [1.82, 2.24) is 5.16 Å². The predicted molar refractivity (Wildman–Crippen MR) is 96.3 cm³/mol. The predicted octanol–water partition coefficient (Wildman–Crippen LogP) is 4.28. The lowest BCUT2D eigenvalue weighted by atomic mass is 10.3. The first-order chi connectivity index (χ1) is 11.8. The molecule has 124 valence electrons. The summed E-state index contributed by atoms with van der Waals surface area (Å²) in [6.45, 7) is 0.191. The normalized spacial score (nSPS) is 10.7. The summed E-state index contributed by atoms with van der Waals surface area (Å²) >= 11 is 3.16. The Hall–Kier alpha value is -2.09. The number of nitrogens with zero attached hydrogens (tertiary/aromatic N) is 1. The van der Waals surface area contributed by atoms with Crippen LogP contribution in [-0.4, -0.2) is 23.9 Å². The van der Waals surface area contributed by atoms with E-state index in [0.29, 0.717) is 11.5 Å². The number of amides is 1. The number of nitrogens with one attached hydrogen (secondary N) is 1. The molecule has 3 rings (SSSR count). The number of benzene rings is 1. The van der Waals surface area contributed by atoms with Gasteiger partial charge in [0.1, 0.15) is 12.3 Å². The minimum atomic E-state index is -0.196. The highest BCUT2D eigenvalue weighted by molar-refractivity contribution is 7.98. The molecule has 0 radical (unpaired) electrons. The van der Waals surface area contributed by atoms with Crippen molar-refractivity contribution in [3.8, 4) is 10.6 Å². The molecule has 0 aliphatic rings. The molecule has 0 aliphatic carbocycles. The van der Waals surface area contributed by atoms with Gasteiger partial charge in [0.25, 0.3) is 0 Å². The zero-order valence-corrected chi connectivity index (χ0v) is 14.7. The molecule has 0 fully saturated rings. The average molecular weight is 360 g/mol. The van der Waals surface area contributed by atoms with Crippen molar-refractivity contribution in [2.75, 3.05) is 18.2 Å². The highest BCUT2D eigenvalue weighted by atomic mass is 32.2. The van der Waals surface area contributed by atoms with Crippen molar-refractivity contribution >= 4 is 34.7 Å². The first-order valence-corrected chi connectivity index (χ1v) is 9.37. The molecule has 5 nitrogen and oxygen atoms in total. The maximum absolute atomic E-state index is 12.0. The van der Waals surface area contributed by atoms with Gasteiger partial charge < -0.3 is 14.6 Å². The Morgan fingerprint density at radius 2 is 2.21 bits per heavy atom.